The zero-order valence-corrected chi connectivity index (χ0v) is 12.7. The lowest BCUT2D eigenvalue weighted by Crippen LogP contribution is -2.54. The van der Waals surface area contributed by atoms with Crippen LogP contribution in [0.25, 0.3) is 0 Å². The summed E-state index contributed by atoms with van der Waals surface area (Å²) in [6.45, 7) is 0. The third-order valence-corrected chi connectivity index (χ3v) is 5.89. The number of sulfonamides is 1. The summed E-state index contributed by atoms with van der Waals surface area (Å²) in [6.07, 6.45) is 0.0906. The molecule has 1 heterocycles. The molecule has 0 radical (unpaired) electrons. The highest BCUT2D eigenvalue weighted by Gasteiger charge is 2.45. The van der Waals surface area contributed by atoms with Crippen LogP contribution in [0.4, 0.5) is 4.39 Å². The molecule has 1 fully saturated rings. The largest absolute Gasteiger partial charge is 0.480 e. The van der Waals surface area contributed by atoms with Gasteiger partial charge in [0.05, 0.1) is 10.5 Å². The van der Waals surface area contributed by atoms with Crippen molar-refractivity contribution in [3.8, 4) is 0 Å². The number of benzene rings is 1. The average molecular weight is 349 g/mol. The number of halogens is 1. The van der Waals surface area contributed by atoms with Crippen LogP contribution in [-0.2, 0) is 14.8 Å². The van der Waals surface area contributed by atoms with Crippen LogP contribution in [0.5, 0.6) is 0 Å². The van der Waals surface area contributed by atoms with E-state index in [-0.39, 0.29) is 12.2 Å². The van der Waals surface area contributed by atoms with Gasteiger partial charge in [0, 0.05) is 5.75 Å². The van der Waals surface area contributed by atoms with Crippen molar-refractivity contribution in [2.24, 2.45) is 0 Å². The molecule has 2 rings (SSSR count). The lowest BCUT2D eigenvalue weighted by molar-refractivity contribution is -0.142. The first kappa shape index (κ1) is 16.7. The minimum absolute atomic E-state index is 0.0443. The van der Waals surface area contributed by atoms with Gasteiger partial charge < -0.3 is 10.2 Å². The van der Waals surface area contributed by atoms with E-state index < -0.39 is 43.8 Å². The van der Waals surface area contributed by atoms with Gasteiger partial charge >= 0.3 is 11.9 Å². The summed E-state index contributed by atoms with van der Waals surface area (Å²) in [5.41, 5.74) is -2.20. The molecule has 3 N–H and O–H groups in total. The summed E-state index contributed by atoms with van der Waals surface area (Å²) in [7, 11) is -4.37. The highest BCUT2D eigenvalue weighted by Crippen LogP contribution is 2.30. The molecule has 0 saturated carbocycles. The molecule has 0 bridgehead atoms. The molecule has 0 aromatic heterocycles. The summed E-state index contributed by atoms with van der Waals surface area (Å²) in [4.78, 5) is 21.6. The normalized spacial score (nSPS) is 21.7. The fourth-order valence-corrected chi connectivity index (χ4v) is 4.88. The van der Waals surface area contributed by atoms with Crippen LogP contribution < -0.4 is 4.72 Å². The molecule has 1 unspecified atom stereocenters. The van der Waals surface area contributed by atoms with Crippen LogP contribution in [0, 0.1) is 5.82 Å². The first-order valence-electron chi connectivity index (χ1n) is 6.05. The van der Waals surface area contributed by atoms with Crippen molar-refractivity contribution in [3.05, 3.63) is 29.6 Å². The van der Waals surface area contributed by atoms with Crippen molar-refractivity contribution < 1.29 is 32.6 Å². The van der Waals surface area contributed by atoms with Crippen LogP contribution in [-0.4, -0.2) is 47.6 Å². The van der Waals surface area contributed by atoms with Crippen LogP contribution in [0.3, 0.4) is 0 Å². The molecule has 0 spiro atoms. The third-order valence-electron chi connectivity index (χ3n) is 3.19. The average Bonchev–Trinajstić information content (AvgIpc) is 2.87. The molecule has 1 aromatic rings. The Morgan fingerprint density at radius 2 is 1.95 bits per heavy atom. The first-order valence-corrected chi connectivity index (χ1v) is 8.69. The highest BCUT2D eigenvalue weighted by atomic mass is 32.2. The van der Waals surface area contributed by atoms with E-state index in [0.717, 1.165) is 6.07 Å². The standard InChI is InChI=1S/C12H12FNO6S2/c13-8-3-7(10(15)16)4-9(5-8)22(19,20)14-12(11(17)18)1-2-21-6-12/h3-5,14H,1-2,6H2,(H,15,16)(H,17,18). The number of aliphatic carboxylic acids is 1. The fourth-order valence-electron chi connectivity index (χ4n) is 2.02. The summed E-state index contributed by atoms with van der Waals surface area (Å²) in [5.74, 6) is -3.33. The maximum atomic E-state index is 13.4. The van der Waals surface area contributed by atoms with Gasteiger partial charge in [-0.05, 0) is 30.4 Å². The number of hydrogen-bond acceptors (Lipinski definition) is 5. The van der Waals surface area contributed by atoms with E-state index in [1.54, 1.807) is 0 Å². The second-order valence-corrected chi connectivity index (χ2v) is 7.56. The van der Waals surface area contributed by atoms with E-state index in [1.165, 1.54) is 11.8 Å². The lowest BCUT2D eigenvalue weighted by atomic mass is 10.0. The molecule has 1 aromatic carbocycles. The van der Waals surface area contributed by atoms with Gasteiger partial charge in [-0.1, -0.05) is 0 Å². The van der Waals surface area contributed by atoms with Crippen LogP contribution >= 0.6 is 11.8 Å². The Hall–Kier alpha value is -1.65. The summed E-state index contributed by atoms with van der Waals surface area (Å²) < 4.78 is 40.0. The number of carboxylic acid groups (broad SMARTS) is 2. The molecule has 1 aliphatic heterocycles. The number of carboxylic acids is 2. The van der Waals surface area contributed by atoms with Crippen molar-refractivity contribution in [1.82, 2.24) is 4.72 Å². The Morgan fingerprint density at radius 3 is 2.45 bits per heavy atom. The van der Waals surface area contributed by atoms with Gasteiger partial charge in [-0.25, -0.2) is 17.6 Å². The van der Waals surface area contributed by atoms with Gasteiger partial charge in [-0.15, -0.1) is 0 Å². The highest BCUT2D eigenvalue weighted by molar-refractivity contribution is 7.99. The smallest absolute Gasteiger partial charge is 0.335 e. The van der Waals surface area contributed by atoms with Gasteiger partial charge in [0.15, 0.2) is 0 Å². The van der Waals surface area contributed by atoms with Gasteiger partial charge in [-0.2, -0.15) is 16.5 Å². The topological polar surface area (TPSA) is 121 Å². The van der Waals surface area contributed by atoms with Crippen molar-refractivity contribution in [3.63, 3.8) is 0 Å². The predicted octanol–water partition coefficient (Wildman–Crippen LogP) is 0.763. The fraction of sp³-hybridized carbons (Fsp3) is 0.333. The minimum Gasteiger partial charge on any atom is -0.480 e. The second-order valence-electron chi connectivity index (χ2n) is 4.78. The predicted molar refractivity (Wildman–Crippen MR) is 76.0 cm³/mol. The van der Waals surface area contributed by atoms with Crippen molar-refractivity contribution in [2.45, 2.75) is 16.9 Å². The maximum Gasteiger partial charge on any atom is 0.335 e. The number of hydrogen-bond donors (Lipinski definition) is 3. The molecule has 1 aliphatic rings. The second kappa shape index (κ2) is 5.86. The van der Waals surface area contributed by atoms with Gasteiger partial charge in [0.1, 0.15) is 11.4 Å². The van der Waals surface area contributed by atoms with Gasteiger partial charge in [0.2, 0.25) is 10.0 Å². The summed E-state index contributed by atoms with van der Waals surface area (Å²) in [5, 5.41) is 18.1. The van der Waals surface area contributed by atoms with E-state index in [4.69, 9.17) is 5.11 Å². The third kappa shape index (κ3) is 3.23. The van der Waals surface area contributed by atoms with Crippen LogP contribution in [0.15, 0.2) is 23.1 Å². The molecule has 1 atom stereocenters. The zero-order valence-electron chi connectivity index (χ0n) is 11.1. The molecule has 0 aliphatic carbocycles. The molecule has 10 heteroatoms. The van der Waals surface area contributed by atoms with E-state index in [1.807, 2.05) is 0 Å². The van der Waals surface area contributed by atoms with Crippen molar-refractivity contribution in [1.29, 1.82) is 0 Å². The lowest BCUT2D eigenvalue weighted by Gasteiger charge is -2.24. The SMILES string of the molecule is O=C(O)c1cc(F)cc(S(=O)(=O)NC2(C(=O)O)CCSC2)c1. The Balaban J connectivity index is 2.42. The quantitative estimate of drug-likeness (QED) is 0.717. The maximum absolute atomic E-state index is 13.4. The Kier molecular flexibility index (Phi) is 4.45. The van der Waals surface area contributed by atoms with E-state index >= 15 is 0 Å². The Labute approximate surface area is 129 Å². The van der Waals surface area contributed by atoms with Gasteiger partial charge in [-0.3, -0.25) is 4.79 Å². The Morgan fingerprint density at radius 1 is 1.27 bits per heavy atom. The molecular weight excluding hydrogens is 337 g/mol. The summed E-state index contributed by atoms with van der Waals surface area (Å²) in [6, 6.07) is 2.11. The van der Waals surface area contributed by atoms with E-state index in [0.29, 0.717) is 17.9 Å². The number of carbonyl (C=O) groups is 2. The Bertz CT molecular complexity index is 727. The van der Waals surface area contributed by atoms with E-state index in [9.17, 15) is 27.5 Å². The molecule has 7 nitrogen and oxygen atoms in total. The zero-order chi connectivity index (χ0) is 16.5. The molecule has 22 heavy (non-hydrogen) atoms. The number of aromatic carboxylic acids is 1. The molecule has 0 amide bonds. The van der Waals surface area contributed by atoms with Crippen LogP contribution in [0.1, 0.15) is 16.8 Å². The van der Waals surface area contributed by atoms with Crippen LogP contribution in [0.2, 0.25) is 0 Å². The summed E-state index contributed by atoms with van der Waals surface area (Å²) >= 11 is 1.28. The monoisotopic (exact) mass is 349 g/mol. The first-order chi connectivity index (χ1) is 10.2. The molecule has 120 valence electrons. The van der Waals surface area contributed by atoms with Crippen molar-refractivity contribution >= 4 is 33.7 Å². The van der Waals surface area contributed by atoms with Crippen molar-refractivity contribution in [2.75, 3.05) is 11.5 Å². The number of nitrogens with one attached hydrogen (secondary N) is 1. The molecular formula is C12H12FNO6S2. The van der Waals surface area contributed by atoms with Gasteiger partial charge in [0.25, 0.3) is 0 Å². The van der Waals surface area contributed by atoms with E-state index in [2.05, 4.69) is 4.72 Å². The minimum atomic E-state index is -4.37. The number of thioether (sulfide) groups is 1. The molecule has 1 saturated heterocycles. The number of rotatable bonds is 5.